The number of para-hydroxylation sites is 1. The molecular weight excluding hydrogens is 376 g/mol. The molecule has 1 unspecified atom stereocenters. The first-order valence-electron chi connectivity index (χ1n) is 10.5. The van der Waals surface area contributed by atoms with Crippen LogP contribution in [0.25, 0.3) is 11.4 Å². The molecule has 156 valence electrons. The normalized spacial score (nSPS) is 17.1. The number of nitrogens with one attached hydrogen (secondary N) is 1. The molecule has 0 saturated carbocycles. The third-order valence-electron chi connectivity index (χ3n) is 5.82. The lowest BCUT2D eigenvalue weighted by atomic mass is 9.96. The van der Waals surface area contributed by atoms with E-state index < -0.39 is 0 Å². The third-order valence-corrected chi connectivity index (χ3v) is 5.82. The number of nitrogens with zero attached hydrogens (tertiary/aromatic N) is 3. The zero-order valence-corrected chi connectivity index (χ0v) is 17.8. The van der Waals surface area contributed by atoms with E-state index in [0.29, 0.717) is 24.8 Å². The number of aromatic nitrogens is 2. The minimum Gasteiger partial charge on any atom is -0.338 e. The molecule has 1 saturated heterocycles. The number of piperidine rings is 1. The molecule has 30 heavy (non-hydrogen) atoms. The van der Waals surface area contributed by atoms with E-state index in [0.717, 1.165) is 47.3 Å². The highest BCUT2D eigenvalue weighted by atomic mass is 16.5. The molecule has 0 aliphatic carbocycles. The van der Waals surface area contributed by atoms with Gasteiger partial charge in [-0.05, 0) is 56.8 Å². The molecule has 2 heterocycles. The van der Waals surface area contributed by atoms with E-state index in [4.69, 9.17) is 4.52 Å². The summed E-state index contributed by atoms with van der Waals surface area (Å²) >= 11 is 0. The van der Waals surface area contributed by atoms with Gasteiger partial charge in [0.2, 0.25) is 17.6 Å². The van der Waals surface area contributed by atoms with E-state index in [-0.39, 0.29) is 11.8 Å². The van der Waals surface area contributed by atoms with Crippen LogP contribution in [-0.4, -0.2) is 34.0 Å². The van der Waals surface area contributed by atoms with E-state index in [1.165, 1.54) is 0 Å². The highest BCUT2D eigenvalue weighted by Gasteiger charge is 2.27. The van der Waals surface area contributed by atoms with Crippen LogP contribution in [0.4, 0.5) is 5.69 Å². The summed E-state index contributed by atoms with van der Waals surface area (Å²) in [7, 11) is 0. The molecule has 1 aliphatic rings. The zero-order chi connectivity index (χ0) is 21.1. The van der Waals surface area contributed by atoms with Gasteiger partial charge in [0.15, 0.2) is 0 Å². The van der Waals surface area contributed by atoms with Crippen molar-refractivity contribution in [2.45, 2.75) is 40.2 Å². The second kappa shape index (κ2) is 8.79. The maximum absolute atomic E-state index is 12.9. The van der Waals surface area contributed by atoms with Crippen LogP contribution in [0.3, 0.4) is 0 Å². The lowest BCUT2D eigenvalue weighted by Gasteiger charge is -2.31. The van der Waals surface area contributed by atoms with Crippen LogP contribution in [0.5, 0.6) is 0 Å². The first-order chi connectivity index (χ1) is 14.5. The van der Waals surface area contributed by atoms with Gasteiger partial charge in [0.05, 0.1) is 12.5 Å². The van der Waals surface area contributed by atoms with Gasteiger partial charge in [0.1, 0.15) is 0 Å². The topological polar surface area (TPSA) is 71.3 Å². The van der Waals surface area contributed by atoms with Crippen LogP contribution in [0.15, 0.2) is 47.0 Å². The SMILES string of the molecule is Cc1ccccc1-c1noc(CN2CCCC(C(=O)Nc3c(C)cccc3C)C2)n1. The summed E-state index contributed by atoms with van der Waals surface area (Å²) in [6.07, 6.45) is 1.87. The van der Waals surface area contributed by atoms with Gasteiger partial charge in [0.25, 0.3) is 0 Å². The smallest absolute Gasteiger partial charge is 0.241 e. The number of hydrogen-bond acceptors (Lipinski definition) is 5. The number of anilines is 1. The highest BCUT2D eigenvalue weighted by molar-refractivity contribution is 5.94. The second-order valence-electron chi connectivity index (χ2n) is 8.16. The molecule has 2 aromatic carbocycles. The second-order valence-corrected chi connectivity index (χ2v) is 8.16. The van der Waals surface area contributed by atoms with Crippen molar-refractivity contribution < 1.29 is 9.32 Å². The molecule has 1 atom stereocenters. The fourth-order valence-corrected chi connectivity index (χ4v) is 4.09. The summed E-state index contributed by atoms with van der Waals surface area (Å²) in [5, 5.41) is 7.30. The minimum absolute atomic E-state index is 0.0449. The van der Waals surface area contributed by atoms with E-state index in [2.05, 4.69) is 20.4 Å². The Hall–Kier alpha value is -2.99. The van der Waals surface area contributed by atoms with Gasteiger partial charge in [0, 0.05) is 17.8 Å². The number of aryl methyl sites for hydroxylation is 3. The third kappa shape index (κ3) is 4.44. The average molecular weight is 405 g/mol. The van der Waals surface area contributed by atoms with Crippen molar-refractivity contribution in [3.05, 3.63) is 65.0 Å². The molecular formula is C24H28N4O2. The quantitative estimate of drug-likeness (QED) is 0.677. The molecule has 0 bridgehead atoms. The monoisotopic (exact) mass is 404 g/mol. The van der Waals surface area contributed by atoms with Crippen molar-refractivity contribution in [2.24, 2.45) is 5.92 Å². The molecule has 1 aliphatic heterocycles. The Labute approximate surface area is 177 Å². The molecule has 3 aromatic rings. The summed E-state index contributed by atoms with van der Waals surface area (Å²) in [6.45, 7) is 8.27. The average Bonchev–Trinajstić information content (AvgIpc) is 3.19. The summed E-state index contributed by atoms with van der Waals surface area (Å²) < 4.78 is 5.50. The molecule has 0 spiro atoms. The van der Waals surface area contributed by atoms with Crippen molar-refractivity contribution in [1.82, 2.24) is 15.0 Å². The Morgan fingerprint density at radius 3 is 2.60 bits per heavy atom. The summed E-state index contributed by atoms with van der Waals surface area (Å²) in [5.41, 5.74) is 5.21. The molecule has 1 fully saturated rings. The summed E-state index contributed by atoms with van der Waals surface area (Å²) in [5.74, 6) is 1.24. The van der Waals surface area contributed by atoms with E-state index >= 15 is 0 Å². The van der Waals surface area contributed by atoms with Crippen molar-refractivity contribution in [3.8, 4) is 11.4 Å². The van der Waals surface area contributed by atoms with Crippen LogP contribution < -0.4 is 5.32 Å². The fourth-order valence-electron chi connectivity index (χ4n) is 4.09. The molecule has 4 rings (SSSR count). The lowest BCUT2D eigenvalue weighted by molar-refractivity contribution is -0.121. The van der Waals surface area contributed by atoms with Gasteiger partial charge in [-0.2, -0.15) is 4.98 Å². The van der Waals surface area contributed by atoms with Gasteiger partial charge in [-0.1, -0.05) is 47.6 Å². The number of hydrogen-bond donors (Lipinski definition) is 1. The Morgan fingerprint density at radius 2 is 1.83 bits per heavy atom. The lowest BCUT2D eigenvalue weighted by Crippen LogP contribution is -2.40. The van der Waals surface area contributed by atoms with Crippen molar-refractivity contribution in [2.75, 3.05) is 18.4 Å². The largest absolute Gasteiger partial charge is 0.338 e. The summed E-state index contributed by atoms with van der Waals surface area (Å²) in [4.78, 5) is 19.7. The van der Waals surface area contributed by atoms with Crippen molar-refractivity contribution in [3.63, 3.8) is 0 Å². The van der Waals surface area contributed by atoms with Gasteiger partial charge >= 0.3 is 0 Å². The molecule has 6 nitrogen and oxygen atoms in total. The van der Waals surface area contributed by atoms with Crippen LogP contribution in [0.2, 0.25) is 0 Å². The number of carbonyl (C=O) groups is 1. The minimum atomic E-state index is -0.0449. The van der Waals surface area contributed by atoms with Crippen LogP contribution in [0.1, 0.15) is 35.4 Å². The van der Waals surface area contributed by atoms with E-state index in [1.807, 2.05) is 63.2 Å². The fraction of sp³-hybridized carbons (Fsp3) is 0.375. The van der Waals surface area contributed by atoms with Gasteiger partial charge < -0.3 is 9.84 Å². The van der Waals surface area contributed by atoms with Crippen molar-refractivity contribution in [1.29, 1.82) is 0 Å². The van der Waals surface area contributed by atoms with Crippen LogP contribution >= 0.6 is 0 Å². The Morgan fingerprint density at radius 1 is 1.10 bits per heavy atom. The predicted molar refractivity (Wildman–Crippen MR) is 117 cm³/mol. The molecule has 1 N–H and O–H groups in total. The maximum atomic E-state index is 12.9. The van der Waals surface area contributed by atoms with E-state index in [9.17, 15) is 4.79 Å². The number of benzene rings is 2. The van der Waals surface area contributed by atoms with Gasteiger partial charge in [-0.15, -0.1) is 0 Å². The molecule has 1 aromatic heterocycles. The van der Waals surface area contributed by atoms with Crippen LogP contribution in [-0.2, 0) is 11.3 Å². The Kier molecular flexibility index (Phi) is 5.95. The first kappa shape index (κ1) is 20.3. The van der Waals surface area contributed by atoms with Crippen molar-refractivity contribution >= 4 is 11.6 Å². The standard InChI is InChI=1S/C24H28N4O2/c1-16-8-4-5-12-20(16)23-25-21(30-27-23)15-28-13-7-11-19(14-28)24(29)26-22-17(2)9-6-10-18(22)3/h4-6,8-10,12,19H,7,11,13-15H2,1-3H3,(H,26,29). The Balaban J connectivity index is 1.40. The predicted octanol–water partition coefficient (Wildman–Crippen LogP) is 4.51. The molecule has 1 amide bonds. The maximum Gasteiger partial charge on any atom is 0.241 e. The highest BCUT2D eigenvalue weighted by Crippen LogP contribution is 2.25. The number of carbonyl (C=O) groups excluding carboxylic acids is 1. The Bertz CT molecular complexity index is 1020. The van der Waals surface area contributed by atoms with Gasteiger partial charge in [-0.3, -0.25) is 9.69 Å². The zero-order valence-electron chi connectivity index (χ0n) is 17.8. The molecule has 6 heteroatoms. The van der Waals surface area contributed by atoms with Gasteiger partial charge in [-0.25, -0.2) is 0 Å². The number of amides is 1. The first-order valence-corrected chi connectivity index (χ1v) is 10.5. The number of rotatable bonds is 5. The van der Waals surface area contributed by atoms with Crippen LogP contribution in [0, 0.1) is 26.7 Å². The van der Waals surface area contributed by atoms with E-state index in [1.54, 1.807) is 0 Å². The number of likely N-dealkylation sites (tertiary alicyclic amines) is 1. The summed E-state index contributed by atoms with van der Waals surface area (Å²) in [6, 6.07) is 14.1. The molecule has 0 radical (unpaired) electrons.